The molecule has 7 N–H and O–H groups in total. The molecule has 16 heteroatoms. The second-order valence-corrected chi connectivity index (χ2v) is 15.5. The van der Waals surface area contributed by atoms with Crippen molar-refractivity contribution in [3.8, 4) is 5.75 Å². The lowest BCUT2D eigenvalue weighted by molar-refractivity contribution is -0.240. The molecule has 286 valence electrons. The highest BCUT2D eigenvalue weighted by atomic mass is 16.6. The molecule has 3 aliphatic heterocycles. The molecule has 7 atom stereocenters. The average Bonchev–Trinajstić information content (AvgIpc) is 3.46. The molecule has 0 bridgehead atoms. The summed E-state index contributed by atoms with van der Waals surface area (Å²) in [6, 6.07) is 1.63. The minimum atomic E-state index is -2.14. The van der Waals surface area contributed by atoms with Crippen molar-refractivity contribution in [2.75, 3.05) is 45.9 Å². The number of hydrogen-bond acceptors (Lipinski definition) is 12. The molecule has 16 nitrogen and oxygen atoms in total. The number of benzene rings is 1. The largest absolute Gasteiger partial charge is 0.507 e. The number of nitrogens with one attached hydrogen (secondary N) is 2. The van der Waals surface area contributed by atoms with E-state index in [4.69, 9.17) is 14.2 Å². The maximum absolute atomic E-state index is 13.0. The van der Waals surface area contributed by atoms with Crippen LogP contribution in [0.15, 0.2) is 12.1 Å². The molecule has 0 unspecified atom stereocenters. The Balaban J connectivity index is 1.54. The molecule has 0 aliphatic carbocycles. The Morgan fingerprint density at radius 3 is 2.35 bits per heavy atom. The van der Waals surface area contributed by atoms with Crippen molar-refractivity contribution in [3.05, 3.63) is 28.8 Å². The number of carbonyl (C=O) groups is 4. The zero-order valence-electron chi connectivity index (χ0n) is 30.5. The molecule has 4 rings (SSSR count). The molecule has 1 spiro atoms. The maximum Gasteiger partial charge on any atom is 0.410 e. The topological polar surface area (TPSA) is 228 Å². The van der Waals surface area contributed by atoms with Gasteiger partial charge in [0.05, 0.1) is 30.9 Å². The summed E-state index contributed by atoms with van der Waals surface area (Å²) in [7, 11) is 0. The van der Waals surface area contributed by atoms with Crippen LogP contribution in [0.4, 0.5) is 4.79 Å². The highest BCUT2D eigenvalue weighted by Gasteiger charge is 2.57. The third-order valence-corrected chi connectivity index (χ3v) is 10.1. The van der Waals surface area contributed by atoms with Crippen molar-refractivity contribution >= 4 is 23.9 Å². The number of aliphatic carboxylic acids is 1. The lowest BCUT2D eigenvalue weighted by Gasteiger charge is -2.50. The second-order valence-electron chi connectivity index (χ2n) is 15.5. The molecule has 3 fully saturated rings. The zero-order chi connectivity index (χ0) is 38.1. The van der Waals surface area contributed by atoms with E-state index >= 15 is 0 Å². The number of aliphatic hydroxyl groups is 3. The maximum atomic E-state index is 13.0. The summed E-state index contributed by atoms with van der Waals surface area (Å²) in [5, 5.41) is 60.1. The van der Waals surface area contributed by atoms with Crippen LogP contribution in [0.5, 0.6) is 5.75 Å². The lowest BCUT2D eigenvalue weighted by Crippen LogP contribution is -2.70. The predicted octanol–water partition coefficient (Wildman–Crippen LogP) is 0.431. The quantitative estimate of drug-likeness (QED) is 0.174. The molecule has 1 aromatic rings. The van der Waals surface area contributed by atoms with Crippen LogP contribution in [0.25, 0.3) is 0 Å². The number of carboxylic acid groups (broad SMARTS) is 1. The molecule has 3 aliphatic rings. The summed E-state index contributed by atoms with van der Waals surface area (Å²) in [4.78, 5) is 54.7. The summed E-state index contributed by atoms with van der Waals surface area (Å²) < 4.78 is 17.6. The van der Waals surface area contributed by atoms with E-state index in [1.54, 1.807) is 39.5 Å². The van der Waals surface area contributed by atoms with Crippen LogP contribution in [0.3, 0.4) is 0 Å². The molecule has 0 saturated carbocycles. The van der Waals surface area contributed by atoms with Gasteiger partial charge in [0, 0.05) is 58.1 Å². The van der Waals surface area contributed by atoms with Gasteiger partial charge in [0.15, 0.2) is 5.60 Å². The zero-order valence-corrected chi connectivity index (χ0v) is 30.5. The van der Waals surface area contributed by atoms with Gasteiger partial charge < -0.3 is 55.3 Å². The number of aryl methyl sites for hydroxylation is 2. The molecule has 3 saturated heterocycles. The Hall–Kier alpha value is -3.54. The van der Waals surface area contributed by atoms with Gasteiger partial charge in [-0.05, 0) is 71.2 Å². The Labute approximate surface area is 298 Å². The second kappa shape index (κ2) is 15.2. The number of nitrogens with zero attached hydrogens (tertiary/aromatic N) is 2. The first kappa shape index (κ1) is 40.2. The van der Waals surface area contributed by atoms with E-state index in [1.807, 2.05) is 0 Å². The van der Waals surface area contributed by atoms with E-state index in [2.05, 4.69) is 15.5 Å². The SMILES string of the molecule is CC(=O)N[C@H]1[C@H]([C@H](O)[C@@](C)(O)CNC(=O)c2cc(C)c(O)c(C)c2)O[C@@](CCN2CCOC[C@@]23CCN(C(=O)OC(C)(C)C)C3)(C(=O)O)C[C@@H]1O. The number of likely N-dealkylation sites (tertiary alicyclic amines) is 1. The Morgan fingerprint density at radius 1 is 1.12 bits per heavy atom. The minimum Gasteiger partial charge on any atom is -0.507 e. The van der Waals surface area contributed by atoms with E-state index in [9.17, 15) is 44.7 Å². The van der Waals surface area contributed by atoms with Crippen LogP contribution >= 0.6 is 0 Å². The molecular formula is C35H54N4O12. The smallest absolute Gasteiger partial charge is 0.410 e. The standard InChI is InChI=1S/C35H54N4O12/c1-20-14-23(15-21(2)26(20)42)29(44)36-17-33(7,48)28(43)27-25(37-22(3)40)24(41)16-35(50-27,30(45)46)9-11-39-12-13-49-19-34(39)8-10-38(18-34)31(47)51-32(4,5)6/h14-15,24-25,27-28,41-43,48H,8-13,16-19H2,1-7H3,(H,36,44)(H,37,40)(H,45,46)/t24-,25+,27+,28-,33-,34-,35+/m0/s1. The summed E-state index contributed by atoms with van der Waals surface area (Å²) >= 11 is 0. The number of carbonyl (C=O) groups excluding carboxylic acids is 3. The Bertz CT molecular complexity index is 1460. The molecule has 51 heavy (non-hydrogen) atoms. The predicted molar refractivity (Wildman–Crippen MR) is 182 cm³/mol. The number of morpholine rings is 1. The fourth-order valence-corrected chi connectivity index (χ4v) is 7.20. The Morgan fingerprint density at radius 2 is 1.76 bits per heavy atom. The first-order valence-electron chi connectivity index (χ1n) is 17.3. The van der Waals surface area contributed by atoms with Crippen LogP contribution in [-0.4, -0.2) is 152 Å². The lowest BCUT2D eigenvalue weighted by atomic mass is 9.79. The third-order valence-electron chi connectivity index (χ3n) is 10.1. The van der Waals surface area contributed by atoms with Crippen LogP contribution < -0.4 is 10.6 Å². The first-order chi connectivity index (χ1) is 23.6. The fraction of sp³-hybridized carbons (Fsp3) is 0.714. The van der Waals surface area contributed by atoms with E-state index in [0.717, 1.165) is 0 Å². The number of aliphatic hydroxyl groups excluding tert-OH is 2. The minimum absolute atomic E-state index is 0.0442. The number of phenols is 1. The van der Waals surface area contributed by atoms with E-state index in [1.165, 1.54) is 26.0 Å². The molecule has 1 aromatic carbocycles. The molecule has 0 aromatic heterocycles. The summed E-state index contributed by atoms with van der Waals surface area (Å²) in [5.74, 6) is -2.55. The number of hydrogen-bond donors (Lipinski definition) is 7. The first-order valence-corrected chi connectivity index (χ1v) is 17.3. The van der Waals surface area contributed by atoms with Crippen molar-refractivity contribution in [1.82, 2.24) is 20.4 Å². The highest BCUT2D eigenvalue weighted by Crippen LogP contribution is 2.39. The van der Waals surface area contributed by atoms with Crippen molar-refractivity contribution in [3.63, 3.8) is 0 Å². The van der Waals surface area contributed by atoms with E-state index in [-0.39, 0.29) is 24.3 Å². The van der Waals surface area contributed by atoms with Crippen molar-refractivity contribution in [2.45, 2.75) is 114 Å². The summed E-state index contributed by atoms with van der Waals surface area (Å²) in [5.41, 5.74) is -4.34. The van der Waals surface area contributed by atoms with Crippen molar-refractivity contribution in [1.29, 1.82) is 0 Å². The summed E-state index contributed by atoms with van der Waals surface area (Å²) in [6.45, 7) is 12.5. The monoisotopic (exact) mass is 722 g/mol. The number of ether oxygens (including phenoxy) is 3. The summed E-state index contributed by atoms with van der Waals surface area (Å²) in [6.07, 6.45) is -5.51. The van der Waals surface area contributed by atoms with Gasteiger partial charge in [-0.1, -0.05) is 0 Å². The molecule has 3 amide bonds. The number of phenolic OH excluding ortho intramolecular Hbond substituents is 1. The van der Waals surface area contributed by atoms with Crippen LogP contribution in [-0.2, 0) is 23.8 Å². The van der Waals surface area contributed by atoms with Crippen LogP contribution in [0.2, 0.25) is 0 Å². The number of carboxylic acids is 1. The fourth-order valence-electron chi connectivity index (χ4n) is 7.20. The van der Waals surface area contributed by atoms with Gasteiger partial charge in [0.2, 0.25) is 5.91 Å². The van der Waals surface area contributed by atoms with Crippen LogP contribution in [0, 0.1) is 13.8 Å². The number of aromatic hydroxyl groups is 1. The number of rotatable bonds is 10. The number of amides is 3. The van der Waals surface area contributed by atoms with Crippen molar-refractivity contribution < 1.29 is 58.9 Å². The van der Waals surface area contributed by atoms with Gasteiger partial charge in [0.1, 0.15) is 29.2 Å². The van der Waals surface area contributed by atoms with Gasteiger partial charge >= 0.3 is 12.1 Å². The van der Waals surface area contributed by atoms with E-state index in [0.29, 0.717) is 50.4 Å². The Kier molecular flexibility index (Phi) is 12.0. The molecular weight excluding hydrogens is 668 g/mol. The van der Waals surface area contributed by atoms with Crippen LogP contribution in [0.1, 0.15) is 75.4 Å². The van der Waals surface area contributed by atoms with Gasteiger partial charge in [-0.3, -0.25) is 14.5 Å². The average molecular weight is 723 g/mol. The van der Waals surface area contributed by atoms with Crippen molar-refractivity contribution in [2.24, 2.45) is 0 Å². The van der Waals surface area contributed by atoms with Gasteiger partial charge in [-0.2, -0.15) is 0 Å². The third kappa shape index (κ3) is 9.10. The van der Waals surface area contributed by atoms with Gasteiger partial charge in [0.25, 0.3) is 5.91 Å². The molecule has 3 heterocycles. The highest BCUT2D eigenvalue weighted by molar-refractivity contribution is 5.95. The molecule has 0 radical (unpaired) electrons. The normalized spacial score (nSPS) is 28.9. The van der Waals surface area contributed by atoms with Gasteiger partial charge in [-0.25, -0.2) is 9.59 Å². The van der Waals surface area contributed by atoms with Gasteiger partial charge in [-0.15, -0.1) is 0 Å². The van der Waals surface area contributed by atoms with E-state index < -0.39 is 83.5 Å².